The Morgan fingerprint density at radius 2 is 2.43 bits per heavy atom. The van der Waals surface area contributed by atoms with Gasteiger partial charge < -0.3 is 11.1 Å². The largest absolute Gasteiger partial charge is 0.326 e. The van der Waals surface area contributed by atoms with E-state index in [0.29, 0.717) is 12.1 Å². The van der Waals surface area contributed by atoms with Gasteiger partial charge in [-0.15, -0.1) is 0 Å². The average molecular weight is 100 g/mol. The Morgan fingerprint density at radius 3 is 2.57 bits per heavy atom. The minimum atomic E-state index is 0.412. The molecular formula is C5H12N2. The summed E-state index contributed by atoms with van der Waals surface area (Å²) in [5, 5.41) is 3.24. The fourth-order valence-electron chi connectivity index (χ4n) is 0.973. The highest BCUT2D eigenvalue weighted by atomic mass is 15.0. The Balaban J connectivity index is 2.26. The highest BCUT2D eigenvalue weighted by molar-refractivity contribution is 4.79. The predicted octanol–water partition coefficient (Wildman–Crippen LogP) is -0.305. The molecule has 1 saturated heterocycles. The van der Waals surface area contributed by atoms with Crippen LogP contribution >= 0.6 is 0 Å². The summed E-state index contributed by atoms with van der Waals surface area (Å²) in [5.74, 6) is 0. The van der Waals surface area contributed by atoms with Gasteiger partial charge in [-0.3, -0.25) is 0 Å². The van der Waals surface area contributed by atoms with E-state index in [2.05, 4.69) is 12.2 Å². The lowest BCUT2D eigenvalue weighted by molar-refractivity contribution is 0.657. The molecule has 1 rings (SSSR count). The van der Waals surface area contributed by atoms with Gasteiger partial charge in [0.15, 0.2) is 0 Å². The van der Waals surface area contributed by atoms with Crippen molar-refractivity contribution in [3.05, 3.63) is 0 Å². The maximum Gasteiger partial charge on any atom is 0.0180 e. The van der Waals surface area contributed by atoms with Crippen LogP contribution in [0.2, 0.25) is 0 Å². The van der Waals surface area contributed by atoms with Crippen LogP contribution in [0.15, 0.2) is 0 Å². The molecule has 0 amide bonds. The van der Waals surface area contributed by atoms with E-state index in [1.165, 1.54) is 0 Å². The second-order valence-corrected chi connectivity index (χ2v) is 2.31. The molecule has 0 radical (unpaired) electrons. The molecule has 0 aromatic rings. The quantitative estimate of drug-likeness (QED) is 0.438. The van der Waals surface area contributed by atoms with Crippen molar-refractivity contribution in [2.24, 2.45) is 5.73 Å². The summed E-state index contributed by atoms with van der Waals surface area (Å²) < 4.78 is 0. The van der Waals surface area contributed by atoms with E-state index in [-0.39, 0.29) is 0 Å². The van der Waals surface area contributed by atoms with E-state index in [4.69, 9.17) is 5.73 Å². The van der Waals surface area contributed by atoms with E-state index in [1.807, 2.05) is 0 Å². The van der Waals surface area contributed by atoms with Gasteiger partial charge in [0, 0.05) is 18.6 Å². The standard InChI is InChI=1S/C5H12N2/c1-4-2-5(6)3-7-4/h4-5,7H,2-3,6H2,1H3. The minimum absolute atomic E-state index is 0.412. The van der Waals surface area contributed by atoms with Gasteiger partial charge in [-0.1, -0.05) is 0 Å². The molecule has 1 heterocycles. The number of nitrogens with two attached hydrogens (primary N) is 1. The van der Waals surface area contributed by atoms with Gasteiger partial charge in [-0.05, 0) is 13.3 Å². The Hall–Kier alpha value is -0.0800. The van der Waals surface area contributed by atoms with E-state index < -0.39 is 0 Å². The zero-order valence-electron chi connectivity index (χ0n) is 4.65. The molecule has 0 aromatic heterocycles. The van der Waals surface area contributed by atoms with Crippen molar-refractivity contribution in [3.8, 4) is 0 Å². The average Bonchev–Trinajstić information content (AvgIpc) is 1.87. The van der Waals surface area contributed by atoms with Crippen LogP contribution in [-0.2, 0) is 0 Å². The highest BCUT2D eigenvalue weighted by Gasteiger charge is 2.15. The van der Waals surface area contributed by atoms with Gasteiger partial charge in [0.25, 0.3) is 0 Å². The van der Waals surface area contributed by atoms with Crippen LogP contribution in [0.5, 0.6) is 0 Å². The lowest BCUT2D eigenvalue weighted by atomic mass is 10.2. The van der Waals surface area contributed by atoms with Crippen LogP contribution in [0.3, 0.4) is 0 Å². The molecule has 2 unspecified atom stereocenters. The number of rotatable bonds is 0. The summed E-state index contributed by atoms with van der Waals surface area (Å²) in [6.45, 7) is 3.16. The zero-order valence-corrected chi connectivity index (χ0v) is 4.65. The molecule has 2 nitrogen and oxygen atoms in total. The molecule has 7 heavy (non-hydrogen) atoms. The lowest BCUT2D eigenvalue weighted by Crippen LogP contribution is -2.22. The predicted molar refractivity (Wildman–Crippen MR) is 30.1 cm³/mol. The molecule has 42 valence electrons. The third kappa shape index (κ3) is 1.14. The first-order valence-electron chi connectivity index (χ1n) is 2.78. The highest BCUT2D eigenvalue weighted by Crippen LogP contribution is 2.01. The first-order valence-corrected chi connectivity index (χ1v) is 2.78. The smallest absolute Gasteiger partial charge is 0.0180 e. The molecule has 0 spiro atoms. The lowest BCUT2D eigenvalue weighted by Gasteiger charge is -1.96. The van der Waals surface area contributed by atoms with Crippen molar-refractivity contribution in [1.82, 2.24) is 5.32 Å². The van der Waals surface area contributed by atoms with Gasteiger partial charge in [-0.2, -0.15) is 0 Å². The first-order chi connectivity index (χ1) is 3.29. The Morgan fingerprint density at radius 1 is 1.71 bits per heavy atom. The summed E-state index contributed by atoms with van der Waals surface area (Å²) in [7, 11) is 0. The SMILES string of the molecule is CC1CC(N)CN1. The van der Waals surface area contributed by atoms with E-state index in [1.54, 1.807) is 0 Å². The number of nitrogens with one attached hydrogen (secondary N) is 1. The van der Waals surface area contributed by atoms with E-state index >= 15 is 0 Å². The van der Waals surface area contributed by atoms with Gasteiger partial charge in [0.1, 0.15) is 0 Å². The fraction of sp³-hybridized carbons (Fsp3) is 1.00. The summed E-state index contributed by atoms with van der Waals surface area (Å²) in [5.41, 5.74) is 5.56. The fourth-order valence-corrected chi connectivity index (χ4v) is 0.973. The van der Waals surface area contributed by atoms with Crippen molar-refractivity contribution in [1.29, 1.82) is 0 Å². The summed E-state index contributed by atoms with van der Waals surface area (Å²) >= 11 is 0. The third-order valence-corrected chi connectivity index (χ3v) is 1.38. The number of hydrogen-bond acceptors (Lipinski definition) is 2. The number of hydrogen-bond donors (Lipinski definition) is 2. The normalized spacial score (nSPS) is 42.0. The Kier molecular flexibility index (Phi) is 1.30. The van der Waals surface area contributed by atoms with Crippen molar-refractivity contribution in [2.45, 2.75) is 25.4 Å². The molecule has 1 aliphatic heterocycles. The molecule has 1 aliphatic rings. The van der Waals surface area contributed by atoms with Crippen LogP contribution in [0.1, 0.15) is 13.3 Å². The van der Waals surface area contributed by atoms with Crippen LogP contribution in [0, 0.1) is 0 Å². The molecule has 0 bridgehead atoms. The molecule has 2 atom stereocenters. The molecule has 0 aliphatic carbocycles. The third-order valence-electron chi connectivity index (χ3n) is 1.38. The maximum absolute atomic E-state index is 5.56. The molecule has 0 aromatic carbocycles. The van der Waals surface area contributed by atoms with E-state index in [0.717, 1.165) is 13.0 Å². The first kappa shape index (κ1) is 5.06. The second-order valence-electron chi connectivity index (χ2n) is 2.31. The molecular weight excluding hydrogens is 88.1 g/mol. The van der Waals surface area contributed by atoms with Crippen molar-refractivity contribution in [2.75, 3.05) is 6.54 Å². The van der Waals surface area contributed by atoms with Crippen LogP contribution in [0.4, 0.5) is 0 Å². The topological polar surface area (TPSA) is 38.0 Å². The van der Waals surface area contributed by atoms with Crippen LogP contribution < -0.4 is 11.1 Å². The molecule has 3 N–H and O–H groups in total. The van der Waals surface area contributed by atoms with Crippen molar-refractivity contribution in [3.63, 3.8) is 0 Å². The maximum atomic E-state index is 5.56. The summed E-state index contributed by atoms with van der Waals surface area (Å²) in [4.78, 5) is 0. The van der Waals surface area contributed by atoms with E-state index in [9.17, 15) is 0 Å². The van der Waals surface area contributed by atoms with Crippen molar-refractivity contribution >= 4 is 0 Å². The molecule has 2 heteroatoms. The monoisotopic (exact) mass is 100 g/mol. The minimum Gasteiger partial charge on any atom is -0.326 e. The van der Waals surface area contributed by atoms with Gasteiger partial charge in [-0.25, -0.2) is 0 Å². The van der Waals surface area contributed by atoms with Crippen LogP contribution in [-0.4, -0.2) is 18.6 Å². The Labute approximate surface area is 44.1 Å². The summed E-state index contributed by atoms with van der Waals surface area (Å²) in [6.07, 6.45) is 1.14. The second kappa shape index (κ2) is 1.80. The van der Waals surface area contributed by atoms with Gasteiger partial charge >= 0.3 is 0 Å². The van der Waals surface area contributed by atoms with Gasteiger partial charge in [0.05, 0.1) is 0 Å². The van der Waals surface area contributed by atoms with Gasteiger partial charge in [0.2, 0.25) is 0 Å². The zero-order chi connectivity index (χ0) is 5.28. The van der Waals surface area contributed by atoms with Crippen molar-refractivity contribution < 1.29 is 0 Å². The van der Waals surface area contributed by atoms with Crippen LogP contribution in [0.25, 0.3) is 0 Å². The molecule has 1 fully saturated rings. The molecule has 0 saturated carbocycles. The Bertz CT molecular complexity index is 55.1. The summed E-state index contributed by atoms with van der Waals surface area (Å²) in [6, 6.07) is 1.06.